The number of furan rings is 1. The van der Waals surface area contributed by atoms with Crippen molar-refractivity contribution in [1.82, 2.24) is 5.32 Å². The maximum absolute atomic E-state index is 5.29. The summed E-state index contributed by atoms with van der Waals surface area (Å²) in [5, 5.41) is 3.39. The predicted molar refractivity (Wildman–Crippen MR) is 84.4 cm³/mol. The summed E-state index contributed by atoms with van der Waals surface area (Å²) >= 11 is 0. The van der Waals surface area contributed by atoms with Crippen molar-refractivity contribution in [3.8, 4) is 0 Å². The van der Waals surface area contributed by atoms with Crippen molar-refractivity contribution in [2.24, 2.45) is 0 Å². The fourth-order valence-corrected chi connectivity index (χ4v) is 2.54. The quantitative estimate of drug-likeness (QED) is 0.913. The van der Waals surface area contributed by atoms with Gasteiger partial charge in [-0.3, -0.25) is 0 Å². The first-order valence-electron chi connectivity index (χ1n) is 6.99. The molecule has 0 spiro atoms. The monoisotopic (exact) mass is 292 g/mol. The summed E-state index contributed by atoms with van der Waals surface area (Å²) in [6.07, 6.45) is 4.36. The number of anilines is 1. The van der Waals surface area contributed by atoms with Crippen LogP contribution in [0.5, 0.6) is 0 Å². The highest BCUT2D eigenvalue weighted by atomic mass is 35.5. The molecule has 3 nitrogen and oxygen atoms in total. The van der Waals surface area contributed by atoms with Gasteiger partial charge in [-0.15, -0.1) is 12.4 Å². The third-order valence-electron chi connectivity index (χ3n) is 3.62. The number of halogens is 1. The number of rotatable bonds is 5. The first kappa shape index (κ1) is 14.9. The van der Waals surface area contributed by atoms with Crippen LogP contribution in [-0.4, -0.2) is 13.1 Å². The Bertz CT molecular complexity index is 490. The molecule has 1 aromatic heterocycles. The zero-order valence-corrected chi connectivity index (χ0v) is 12.4. The lowest BCUT2D eigenvalue weighted by molar-refractivity contribution is 0.483. The van der Waals surface area contributed by atoms with Crippen LogP contribution in [0.25, 0.3) is 0 Å². The highest BCUT2D eigenvalue weighted by Gasteiger charge is 2.11. The van der Waals surface area contributed by atoms with E-state index in [0.29, 0.717) is 0 Å². The highest BCUT2D eigenvalue weighted by molar-refractivity contribution is 5.85. The third-order valence-corrected chi connectivity index (χ3v) is 3.62. The van der Waals surface area contributed by atoms with E-state index in [0.717, 1.165) is 18.8 Å². The Kier molecular flexibility index (Phi) is 5.50. The van der Waals surface area contributed by atoms with Gasteiger partial charge in [-0.2, -0.15) is 0 Å². The Morgan fingerprint density at radius 2 is 1.75 bits per heavy atom. The molecule has 0 radical (unpaired) electrons. The molecule has 0 saturated carbocycles. The molecular weight excluding hydrogens is 272 g/mol. The summed E-state index contributed by atoms with van der Waals surface area (Å²) < 4.78 is 5.29. The molecule has 4 heteroatoms. The fourth-order valence-electron chi connectivity index (χ4n) is 2.54. The fraction of sp³-hybridized carbons (Fsp3) is 0.375. The minimum absolute atomic E-state index is 0. The van der Waals surface area contributed by atoms with E-state index in [-0.39, 0.29) is 12.4 Å². The SMILES string of the molecule is Cl.c1coc(CNCc2ccc(N3CCCC3)cc2)c1. The van der Waals surface area contributed by atoms with E-state index in [1.165, 1.54) is 37.2 Å². The molecule has 2 aromatic rings. The van der Waals surface area contributed by atoms with Gasteiger partial charge in [0.15, 0.2) is 0 Å². The molecule has 2 heterocycles. The van der Waals surface area contributed by atoms with Crippen LogP contribution in [0.4, 0.5) is 5.69 Å². The van der Waals surface area contributed by atoms with Crippen molar-refractivity contribution in [1.29, 1.82) is 0 Å². The number of nitrogens with zero attached hydrogens (tertiary/aromatic N) is 1. The molecule has 0 aliphatic carbocycles. The van der Waals surface area contributed by atoms with Crippen molar-refractivity contribution in [2.75, 3.05) is 18.0 Å². The van der Waals surface area contributed by atoms with Crippen LogP contribution in [0.15, 0.2) is 47.1 Å². The lowest BCUT2D eigenvalue weighted by atomic mass is 10.2. The molecule has 20 heavy (non-hydrogen) atoms. The van der Waals surface area contributed by atoms with Gasteiger partial charge in [0.2, 0.25) is 0 Å². The van der Waals surface area contributed by atoms with Crippen molar-refractivity contribution in [3.63, 3.8) is 0 Å². The first-order chi connectivity index (χ1) is 9.42. The van der Waals surface area contributed by atoms with E-state index in [9.17, 15) is 0 Å². The summed E-state index contributed by atoms with van der Waals surface area (Å²) in [7, 11) is 0. The standard InChI is InChI=1S/C16H20N2O.ClH/c1-2-10-18(9-1)15-7-5-14(6-8-15)12-17-13-16-4-3-11-19-16;/h3-8,11,17H,1-2,9-10,12-13H2;1H. The van der Waals surface area contributed by atoms with Crippen LogP contribution in [0.3, 0.4) is 0 Å². The van der Waals surface area contributed by atoms with E-state index in [1.807, 2.05) is 12.1 Å². The average Bonchev–Trinajstić information content (AvgIpc) is 3.13. The van der Waals surface area contributed by atoms with Crippen molar-refractivity contribution >= 4 is 18.1 Å². The Morgan fingerprint density at radius 3 is 2.40 bits per heavy atom. The summed E-state index contributed by atoms with van der Waals surface area (Å²) in [5.74, 6) is 0.980. The Hall–Kier alpha value is -1.45. The van der Waals surface area contributed by atoms with Crippen LogP contribution in [-0.2, 0) is 13.1 Å². The number of benzene rings is 1. The highest BCUT2D eigenvalue weighted by Crippen LogP contribution is 2.20. The molecule has 108 valence electrons. The normalized spacial score (nSPS) is 14.3. The second-order valence-electron chi connectivity index (χ2n) is 5.04. The summed E-state index contributed by atoms with van der Waals surface area (Å²) in [5.41, 5.74) is 2.67. The van der Waals surface area contributed by atoms with Gasteiger partial charge < -0.3 is 14.6 Å². The Balaban J connectivity index is 0.00000147. The molecule has 1 aliphatic heterocycles. The molecule has 0 atom stereocenters. The first-order valence-corrected chi connectivity index (χ1v) is 6.99. The van der Waals surface area contributed by atoms with Crippen LogP contribution in [0, 0.1) is 0 Å². The predicted octanol–water partition coefficient (Wildman–Crippen LogP) is 3.59. The molecule has 3 rings (SSSR count). The van der Waals surface area contributed by atoms with Crippen LogP contribution in [0.1, 0.15) is 24.2 Å². The smallest absolute Gasteiger partial charge is 0.117 e. The van der Waals surface area contributed by atoms with E-state index < -0.39 is 0 Å². The van der Waals surface area contributed by atoms with E-state index in [1.54, 1.807) is 6.26 Å². The molecule has 1 aliphatic rings. The largest absolute Gasteiger partial charge is 0.468 e. The molecule has 1 N–H and O–H groups in total. The van der Waals surface area contributed by atoms with Gasteiger partial charge in [-0.1, -0.05) is 12.1 Å². The second-order valence-corrected chi connectivity index (χ2v) is 5.04. The molecule has 1 fully saturated rings. The molecule has 0 unspecified atom stereocenters. The number of hydrogen-bond donors (Lipinski definition) is 1. The van der Waals surface area contributed by atoms with Gasteiger partial charge in [0, 0.05) is 25.3 Å². The molecule has 1 aromatic carbocycles. The topological polar surface area (TPSA) is 28.4 Å². The molecule has 0 amide bonds. The van der Waals surface area contributed by atoms with Crippen LogP contribution < -0.4 is 10.2 Å². The minimum atomic E-state index is 0. The van der Waals surface area contributed by atoms with E-state index in [4.69, 9.17) is 4.42 Å². The average molecular weight is 293 g/mol. The van der Waals surface area contributed by atoms with Gasteiger partial charge in [-0.25, -0.2) is 0 Å². The van der Waals surface area contributed by atoms with Crippen LogP contribution in [0.2, 0.25) is 0 Å². The maximum atomic E-state index is 5.29. The van der Waals surface area contributed by atoms with E-state index in [2.05, 4.69) is 34.5 Å². The molecule has 1 saturated heterocycles. The Morgan fingerprint density at radius 1 is 1.00 bits per heavy atom. The zero-order chi connectivity index (χ0) is 12.9. The van der Waals surface area contributed by atoms with Crippen molar-refractivity contribution in [2.45, 2.75) is 25.9 Å². The second kappa shape index (κ2) is 7.36. The van der Waals surface area contributed by atoms with Crippen molar-refractivity contribution in [3.05, 3.63) is 54.0 Å². The Labute approximate surface area is 126 Å². The minimum Gasteiger partial charge on any atom is -0.468 e. The third kappa shape index (κ3) is 3.78. The molecule has 0 bridgehead atoms. The maximum Gasteiger partial charge on any atom is 0.117 e. The van der Waals surface area contributed by atoms with Gasteiger partial charge in [0.1, 0.15) is 5.76 Å². The molecular formula is C16H21ClN2O. The van der Waals surface area contributed by atoms with Gasteiger partial charge >= 0.3 is 0 Å². The number of hydrogen-bond acceptors (Lipinski definition) is 3. The number of nitrogens with one attached hydrogen (secondary N) is 1. The lowest BCUT2D eigenvalue weighted by Crippen LogP contribution is -2.17. The zero-order valence-electron chi connectivity index (χ0n) is 11.5. The van der Waals surface area contributed by atoms with Gasteiger partial charge in [0.05, 0.1) is 12.8 Å². The van der Waals surface area contributed by atoms with Crippen molar-refractivity contribution < 1.29 is 4.42 Å². The van der Waals surface area contributed by atoms with Gasteiger partial charge in [0.25, 0.3) is 0 Å². The summed E-state index contributed by atoms with van der Waals surface area (Å²) in [4.78, 5) is 2.46. The summed E-state index contributed by atoms with van der Waals surface area (Å²) in [6.45, 7) is 4.06. The summed E-state index contributed by atoms with van der Waals surface area (Å²) in [6, 6.07) is 12.8. The van der Waals surface area contributed by atoms with Crippen LogP contribution >= 0.6 is 12.4 Å². The van der Waals surface area contributed by atoms with Gasteiger partial charge in [-0.05, 0) is 42.7 Å². The van der Waals surface area contributed by atoms with E-state index >= 15 is 0 Å². The lowest BCUT2D eigenvalue weighted by Gasteiger charge is -2.17.